The molecular formula is C20H19N5O. The lowest BCUT2D eigenvalue weighted by molar-refractivity contribution is -0.111. The molecule has 6 heteroatoms. The van der Waals surface area contributed by atoms with Gasteiger partial charge < -0.3 is 16.0 Å². The van der Waals surface area contributed by atoms with Gasteiger partial charge >= 0.3 is 0 Å². The Labute approximate surface area is 152 Å². The van der Waals surface area contributed by atoms with Crippen LogP contribution in [-0.2, 0) is 4.79 Å². The molecule has 0 unspecified atom stereocenters. The quantitative estimate of drug-likeness (QED) is 0.577. The minimum atomic E-state index is -0.259. The number of anilines is 5. The number of rotatable bonds is 6. The monoisotopic (exact) mass is 345 g/mol. The lowest BCUT2D eigenvalue weighted by Crippen LogP contribution is -2.07. The Morgan fingerprint density at radius 2 is 1.58 bits per heavy atom. The van der Waals surface area contributed by atoms with Crippen LogP contribution in [0.3, 0.4) is 0 Å². The summed E-state index contributed by atoms with van der Waals surface area (Å²) in [5.74, 6) is 0.206. The second kappa shape index (κ2) is 7.94. The van der Waals surface area contributed by atoms with Crippen LogP contribution in [-0.4, -0.2) is 15.9 Å². The lowest BCUT2D eigenvalue weighted by atomic mass is 10.2. The number of benzene rings is 2. The van der Waals surface area contributed by atoms with Gasteiger partial charge in [0.1, 0.15) is 0 Å². The molecule has 3 N–H and O–H groups in total. The van der Waals surface area contributed by atoms with Gasteiger partial charge in [0.2, 0.25) is 11.9 Å². The summed E-state index contributed by atoms with van der Waals surface area (Å²) in [5, 5.41) is 9.08. The largest absolute Gasteiger partial charge is 0.353 e. The van der Waals surface area contributed by atoms with Crippen LogP contribution in [0.1, 0.15) is 5.56 Å². The number of aromatic nitrogens is 2. The molecule has 0 atom stereocenters. The van der Waals surface area contributed by atoms with Crippen LogP contribution in [0.25, 0.3) is 0 Å². The zero-order chi connectivity index (χ0) is 18.4. The van der Waals surface area contributed by atoms with E-state index < -0.39 is 0 Å². The first kappa shape index (κ1) is 17.2. The Balaban J connectivity index is 1.66. The number of carbonyl (C=O) groups is 1. The fourth-order valence-electron chi connectivity index (χ4n) is 2.34. The maximum atomic E-state index is 11.4. The van der Waals surface area contributed by atoms with Crippen molar-refractivity contribution in [2.75, 3.05) is 16.0 Å². The van der Waals surface area contributed by atoms with Gasteiger partial charge in [-0.1, -0.05) is 24.8 Å². The molecule has 1 aromatic heterocycles. The Hall–Kier alpha value is -3.67. The summed E-state index contributed by atoms with van der Waals surface area (Å²) in [6.07, 6.45) is 4.64. The van der Waals surface area contributed by atoms with E-state index in [-0.39, 0.29) is 5.91 Å². The molecule has 2 aromatic carbocycles. The molecule has 3 aromatic rings. The molecule has 1 heterocycles. The number of nitrogens with one attached hydrogen (secondary N) is 3. The van der Waals surface area contributed by atoms with Gasteiger partial charge in [0.15, 0.2) is 0 Å². The predicted molar refractivity (Wildman–Crippen MR) is 105 cm³/mol. The second-order valence-electron chi connectivity index (χ2n) is 5.69. The smallest absolute Gasteiger partial charge is 0.247 e. The summed E-state index contributed by atoms with van der Waals surface area (Å²) >= 11 is 0. The maximum Gasteiger partial charge on any atom is 0.247 e. The van der Waals surface area contributed by atoms with Crippen molar-refractivity contribution >= 4 is 34.6 Å². The third-order valence-corrected chi connectivity index (χ3v) is 3.53. The molecule has 0 aliphatic rings. The number of hydrogen-bond acceptors (Lipinski definition) is 5. The van der Waals surface area contributed by atoms with Gasteiger partial charge in [-0.05, 0) is 48.9 Å². The van der Waals surface area contributed by atoms with Crippen LogP contribution in [0.15, 0.2) is 73.6 Å². The molecule has 0 radical (unpaired) electrons. The molecular weight excluding hydrogens is 326 g/mol. The Kier molecular flexibility index (Phi) is 5.24. The van der Waals surface area contributed by atoms with Crippen LogP contribution in [0.4, 0.5) is 28.7 Å². The molecule has 0 saturated carbocycles. The van der Waals surface area contributed by atoms with E-state index in [0.717, 1.165) is 17.1 Å². The molecule has 0 aliphatic carbocycles. The molecule has 0 saturated heterocycles. The number of hydrogen-bond donors (Lipinski definition) is 3. The summed E-state index contributed by atoms with van der Waals surface area (Å²) in [6.45, 7) is 5.48. The zero-order valence-corrected chi connectivity index (χ0v) is 14.4. The summed E-state index contributed by atoms with van der Waals surface area (Å²) in [7, 11) is 0. The molecule has 1 amide bonds. The lowest BCUT2D eigenvalue weighted by Gasteiger charge is -2.09. The van der Waals surface area contributed by atoms with Crippen LogP contribution < -0.4 is 16.0 Å². The topological polar surface area (TPSA) is 78.9 Å². The van der Waals surface area contributed by atoms with Crippen LogP contribution in [0.5, 0.6) is 0 Å². The van der Waals surface area contributed by atoms with E-state index in [1.807, 2.05) is 37.3 Å². The summed E-state index contributed by atoms with van der Waals surface area (Å²) < 4.78 is 0. The summed E-state index contributed by atoms with van der Waals surface area (Å²) in [4.78, 5) is 20.0. The van der Waals surface area contributed by atoms with Gasteiger partial charge in [-0.3, -0.25) is 4.79 Å². The van der Waals surface area contributed by atoms with Crippen molar-refractivity contribution in [3.63, 3.8) is 0 Å². The molecule has 0 spiro atoms. The highest BCUT2D eigenvalue weighted by Gasteiger charge is 2.02. The highest BCUT2D eigenvalue weighted by Crippen LogP contribution is 2.20. The number of nitrogens with zero attached hydrogens (tertiary/aromatic N) is 2. The summed E-state index contributed by atoms with van der Waals surface area (Å²) in [6, 6.07) is 15.4. The first-order chi connectivity index (χ1) is 12.6. The minimum absolute atomic E-state index is 0.259. The Bertz CT molecular complexity index is 921. The van der Waals surface area contributed by atoms with E-state index >= 15 is 0 Å². The standard InChI is InChI=1S/C20H19N5O/c1-3-19(26)24-16-8-5-9-17(11-16)25-20-21-12-18(13-22-20)23-15-7-4-6-14(2)10-15/h3-13,23H,1H2,2H3,(H,24,26)(H,21,22,25). The van der Waals surface area contributed by atoms with Gasteiger partial charge in [-0.25, -0.2) is 9.97 Å². The third kappa shape index (κ3) is 4.67. The molecule has 0 bridgehead atoms. The van der Waals surface area contributed by atoms with Crippen molar-refractivity contribution in [2.24, 2.45) is 0 Å². The fourth-order valence-corrected chi connectivity index (χ4v) is 2.34. The van der Waals surface area contributed by atoms with Gasteiger partial charge in [-0.15, -0.1) is 0 Å². The van der Waals surface area contributed by atoms with Crippen LogP contribution >= 0.6 is 0 Å². The molecule has 0 fully saturated rings. The van der Waals surface area contributed by atoms with Gasteiger partial charge in [0.05, 0.1) is 18.1 Å². The Morgan fingerprint density at radius 3 is 2.27 bits per heavy atom. The van der Waals surface area contributed by atoms with Crippen molar-refractivity contribution in [1.29, 1.82) is 0 Å². The highest BCUT2D eigenvalue weighted by atomic mass is 16.1. The first-order valence-electron chi connectivity index (χ1n) is 8.08. The molecule has 6 nitrogen and oxygen atoms in total. The summed E-state index contributed by atoms with van der Waals surface area (Å²) in [5.41, 5.74) is 4.40. The molecule has 0 aliphatic heterocycles. The van der Waals surface area contributed by atoms with E-state index in [9.17, 15) is 4.79 Å². The van der Waals surface area contributed by atoms with E-state index in [0.29, 0.717) is 11.6 Å². The van der Waals surface area contributed by atoms with Crippen molar-refractivity contribution < 1.29 is 4.79 Å². The second-order valence-corrected chi connectivity index (χ2v) is 5.69. The fraction of sp³-hybridized carbons (Fsp3) is 0.0500. The first-order valence-corrected chi connectivity index (χ1v) is 8.08. The normalized spacial score (nSPS) is 10.0. The predicted octanol–water partition coefficient (Wildman–Crippen LogP) is 4.40. The van der Waals surface area contributed by atoms with Gasteiger partial charge in [0.25, 0.3) is 0 Å². The third-order valence-electron chi connectivity index (χ3n) is 3.53. The molecule has 130 valence electrons. The molecule has 26 heavy (non-hydrogen) atoms. The zero-order valence-electron chi connectivity index (χ0n) is 14.4. The van der Waals surface area contributed by atoms with E-state index in [1.54, 1.807) is 24.5 Å². The van der Waals surface area contributed by atoms with E-state index in [1.165, 1.54) is 11.6 Å². The maximum absolute atomic E-state index is 11.4. The van der Waals surface area contributed by atoms with E-state index in [4.69, 9.17) is 0 Å². The number of aryl methyl sites for hydroxylation is 1. The number of carbonyl (C=O) groups excluding carboxylic acids is 1. The highest BCUT2D eigenvalue weighted by molar-refractivity contribution is 5.99. The van der Waals surface area contributed by atoms with Crippen molar-refractivity contribution in [3.05, 3.63) is 79.1 Å². The minimum Gasteiger partial charge on any atom is -0.353 e. The average molecular weight is 345 g/mol. The van der Waals surface area contributed by atoms with Gasteiger partial charge in [-0.2, -0.15) is 0 Å². The van der Waals surface area contributed by atoms with Gasteiger partial charge in [0, 0.05) is 17.1 Å². The Morgan fingerprint density at radius 1 is 0.923 bits per heavy atom. The average Bonchev–Trinajstić information content (AvgIpc) is 2.64. The van der Waals surface area contributed by atoms with Crippen LogP contribution in [0.2, 0.25) is 0 Å². The van der Waals surface area contributed by atoms with Crippen molar-refractivity contribution in [3.8, 4) is 0 Å². The van der Waals surface area contributed by atoms with Crippen LogP contribution in [0, 0.1) is 6.92 Å². The molecule has 3 rings (SSSR count). The van der Waals surface area contributed by atoms with Crippen molar-refractivity contribution in [2.45, 2.75) is 6.92 Å². The number of amides is 1. The van der Waals surface area contributed by atoms with Crippen molar-refractivity contribution in [1.82, 2.24) is 9.97 Å². The van der Waals surface area contributed by atoms with E-state index in [2.05, 4.69) is 38.6 Å². The SMILES string of the molecule is C=CC(=O)Nc1cccc(Nc2ncc(Nc3cccc(C)c3)cn2)c1.